The predicted molar refractivity (Wildman–Crippen MR) is 156 cm³/mol. The molecule has 0 radical (unpaired) electrons. The van der Waals surface area contributed by atoms with Gasteiger partial charge in [0.1, 0.15) is 0 Å². The Bertz CT molecular complexity index is 1150. The number of benzene rings is 4. The van der Waals surface area contributed by atoms with Gasteiger partial charge in [-0.15, -0.1) is 13.2 Å². The van der Waals surface area contributed by atoms with Crippen LogP contribution in [0.25, 0.3) is 0 Å². The van der Waals surface area contributed by atoms with Gasteiger partial charge in [0.25, 0.3) is 0 Å². The lowest BCUT2D eigenvalue weighted by Gasteiger charge is -2.43. The Labute approximate surface area is 212 Å². The van der Waals surface area contributed by atoms with Gasteiger partial charge in [-0.2, -0.15) is 0 Å². The number of rotatable bonds is 10. The monoisotopic (exact) mass is 508 g/mol. The minimum atomic E-state index is -3.25. The van der Waals surface area contributed by atoms with E-state index in [-0.39, 0.29) is 0 Å². The minimum absolute atomic E-state index is 1.08. The highest BCUT2D eigenvalue weighted by molar-refractivity contribution is 7.08. The fourth-order valence-electron chi connectivity index (χ4n) is 4.31. The highest BCUT2D eigenvalue weighted by atomic mass is 28.5. The van der Waals surface area contributed by atoms with Gasteiger partial charge < -0.3 is 8.23 Å². The Kier molecular flexibility index (Phi) is 7.64. The average Bonchev–Trinajstić information content (AvgIpc) is 2.94. The van der Waals surface area contributed by atoms with Gasteiger partial charge >= 0.3 is 8.56 Å². The molecule has 2 nitrogen and oxygen atoms in total. The molecule has 0 amide bonds. The van der Waals surface area contributed by atoms with Crippen molar-refractivity contribution in [2.24, 2.45) is 0 Å². The predicted octanol–water partition coefficient (Wildman–Crippen LogP) is 4.69. The normalized spacial score (nSPS) is 14.9. The molecule has 4 aromatic rings. The van der Waals surface area contributed by atoms with Crippen LogP contribution in [0, 0.1) is 0 Å². The first-order valence-corrected chi connectivity index (χ1v) is 18.6. The number of hydrogen-bond donors (Lipinski definition) is 0. The molecule has 2 atom stereocenters. The fraction of sp³-hybridized carbons (Fsp3) is 0.0667. The Hall–Kier alpha value is -3.07. The maximum Gasteiger partial charge on any atom is 0.387 e. The molecule has 0 aliphatic rings. The Morgan fingerprint density at radius 2 is 0.714 bits per heavy atom. The van der Waals surface area contributed by atoms with Gasteiger partial charge in [0.15, 0.2) is 0 Å². The van der Waals surface area contributed by atoms with Crippen LogP contribution in [0.4, 0.5) is 0 Å². The first-order chi connectivity index (χ1) is 17.0. The van der Waals surface area contributed by atoms with Crippen molar-refractivity contribution in [3.63, 3.8) is 0 Å². The van der Waals surface area contributed by atoms with Gasteiger partial charge in [-0.25, -0.2) is 0 Å². The van der Waals surface area contributed by atoms with E-state index < -0.39 is 25.2 Å². The summed E-state index contributed by atoms with van der Waals surface area (Å²) in [6, 6.07) is 41.8. The molecule has 5 heteroatoms. The van der Waals surface area contributed by atoms with Crippen LogP contribution in [0.5, 0.6) is 0 Å². The quantitative estimate of drug-likeness (QED) is 0.289. The molecule has 0 aromatic heterocycles. The zero-order valence-corrected chi connectivity index (χ0v) is 23.4. The van der Waals surface area contributed by atoms with Crippen molar-refractivity contribution >= 4 is 45.9 Å². The number of hydrogen-bond acceptors (Lipinski definition) is 2. The van der Waals surface area contributed by atoms with Crippen molar-refractivity contribution in [1.29, 1.82) is 0 Å². The standard InChI is InChI=1S/C30H32O2Si3/c1-5-33(3,27-19-11-7-12-20-27)31-35(29-23-15-9-16-24-29,30-25-17-10-18-26-30)32-34(4,6-2)28-21-13-8-14-22-28/h5-26H,1-2H2,3-4H3. The van der Waals surface area contributed by atoms with Crippen LogP contribution in [0.3, 0.4) is 0 Å². The molecule has 0 fully saturated rings. The lowest BCUT2D eigenvalue weighted by molar-refractivity contribution is 0.424. The van der Waals surface area contributed by atoms with Crippen LogP contribution >= 0.6 is 0 Å². The summed E-state index contributed by atoms with van der Waals surface area (Å²) in [7, 11) is -8.50. The molecule has 0 aliphatic carbocycles. The molecule has 0 heterocycles. The van der Waals surface area contributed by atoms with Crippen LogP contribution in [-0.4, -0.2) is 25.2 Å². The van der Waals surface area contributed by atoms with Gasteiger partial charge in [0.2, 0.25) is 16.6 Å². The highest BCUT2D eigenvalue weighted by Gasteiger charge is 2.52. The molecule has 176 valence electrons. The molecule has 0 aliphatic heterocycles. The van der Waals surface area contributed by atoms with Crippen LogP contribution in [-0.2, 0) is 8.23 Å². The van der Waals surface area contributed by atoms with E-state index in [0.717, 1.165) is 10.4 Å². The first kappa shape index (κ1) is 25.0. The zero-order chi connectivity index (χ0) is 24.8. The summed E-state index contributed by atoms with van der Waals surface area (Å²) in [4.78, 5) is 0. The first-order valence-electron chi connectivity index (χ1n) is 11.9. The van der Waals surface area contributed by atoms with Crippen molar-refractivity contribution < 1.29 is 8.23 Å². The van der Waals surface area contributed by atoms with Crippen molar-refractivity contribution in [1.82, 2.24) is 0 Å². The third kappa shape index (κ3) is 5.15. The van der Waals surface area contributed by atoms with Crippen molar-refractivity contribution in [2.75, 3.05) is 0 Å². The molecule has 4 aromatic carbocycles. The summed E-state index contributed by atoms with van der Waals surface area (Å²) in [6.45, 7) is 12.9. The molecular weight excluding hydrogens is 477 g/mol. The van der Waals surface area contributed by atoms with Gasteiger partial charge in [0, 0.05) is 0 Å². The molecule has 0 N–H and O–H groups in total. The fourth-order valence-corrected chi connectivity index (χ4v) is 16.9. The third-order valence-corrected chi connectivity index (χ3v) is 18.9. The third-order valence-electron chi connectivity index (χ3n) is 6.49. The Balaban J connectivity index is 1.98. The van der Waals surface area contributed by atoms with Gasteiger partial charge in [-0.3, -0.25) is 0 Å². The smallest absolute Gasteiger partial charge is 0.387 e. The molecular formula is C30H32O2Si3. The van der Waals surface area contributed by atoms with Gasteiger partial charge in [-0.05, 0) is 33.8 Å². The maximum atomic E-state index is 7.48. The maximum absolute atomic E-state index is 7.48. The van der Waals surface area contributed by atoms with Crippen LogP contribution in [0.15, 0.2) is 146 Å². The van der Waals surface area contributed by atoms with Crippen LogP contribution in [0.2, 0.25) is 13.1 Å². The largest absolute Gasteiger partial charge is 0.422 e. The Morgan fingerprint density at radius 1 is 0.457 bits per heavy atom. The molecule has 0 saturated carbocycles. The Morgan fingerprint density at radius 3 is 0.971 bits per heavy atom. The van der Waals surface area contributed by atoms with E-state index >= 15 is 0 Å². The lowest BCUT2D eigenvalue weighted by Crippen LogP contribution is -2.73. The second-order valence-electron chi connectivity index (χ2n) is 8.91. The van der Waals surface area contributed by atoms with E-state index in [1.807, 2.05) is 35.7 Å². The molecule has 0 bridgehead atoms. The summed E-state index contributed by atoms with van der Waals surface area (Å²) in [5.74, 6) is 0. The zero-order valence-electron chi connectivity index (χ0n) is 20.4. The van der Waals surface area contributed by atoms with Crippen molar-refractivity contribution in [2.45, 2.75) is 13.1 Å². The second-order valence-corrected chi connectivity index (χ2v) is 19.3. The second kappa shape index (κ2) is 10.7. The van der Waals surface area contributed by atoms with E-state index in [4.69, 9.17) is 8.23 Å². The van der Waals surface area contributed by atoms with Gasteiger partial charge in [-0.1, -0.05) is 133 Å². The lowest BCUT2D eigenvalue weighted by atomic mass is 10.4. The molecule has 0 saturated heterocycles. The topological polar surface area (TPSA) is 18.5 Å². The van der Waals surface area contributed by atoms with Crippen molar-refractivity contribution in [3.05, 3.63) is 146 Å². The van der Waals surface area contributed by atoms with Crippen LogP contribution in [0.1, 0.15) is 0 Å². The van der Waals surface area contributed by atoms with E-state index in [2.05, 4.69) is 123 Å². The van der Waals surface area contributed by atoms with Crippen molar-refractivity contribution in [3.8, 4) is 0 Å². The molecule has 2 unspecified atom stereocenters. The summed E-state index contributed by atoms with van der Waals surface area (Å²) in [5, 5.41) is 4.51. The summed E-state index contributed by atoms with van der Waals surface area (Å²) >= 11 is 0. The summed E-state index contributed by atoms with van der Waals surface area (Å²) < 4.78 is 15.0. The van der Waals surface area contributed by atoms with Crippen LogP contribution < -0.4 is 20.7 Å². The van der Waals surface area contributed by atoms with Gasteiger partial charge in [0.05, 0.1) is 0 Å². The van der Waals surface area contributed by atoms with E-state index in [1.54, 1.807) is 0 Å². The summed E-state index contributed by atoms with van der Waals surface area (Å²) in [5.41, 5.74) is 4.04. The van der Waals surface area contributed by atoms with E-state index in [0.29, 0.717) is 0 Å². The van der Waals surface area contributed by atoms with E-state index in [1.165, 1.54) is 10.4 Å². The highest BCUT2D eigenvalue weighted by Crippen LogP contribution is 2.23. The van der Waals surface area contributed by atoms with E-state index in [9.17, 15) is 0 Å². The SMILES string of the molecule is C=C[Si](C)(O[Si](O[Si](C)(C=C)c1ccccc1)(c1ccccc1)c1ccccc1)c1ccccc1. The minimum Gasteiger partial charge on any atom is -0.422 e. The summed E-state index contributed by atoms with van der Waals surface area (Å²) in [6.07, 6.45) is 0. The average molecular weight is 509 g/mol. The molecule has 4 rings (SSSR count). The molecule has 35 heavy (non-hydrogen) atoms. The molecule has 0 spiro atoms.